The van der Waals surface area contributed by atoms with E-state index < -0.39 is 0 Å². The Balaban J connectivity index is 2.36. The van der Waals surface area contributed by atoms with E-state index in [1.165, 1.54) is 0 Å². The average Bonchev–Trinajstić information content (AvgIpc) is 2.57. The summed E-state index contributed by atoms with van der Waals surface area (Å²) >= 11 is 0. The van der Waals surface area contributed by atoms with Gasteiger partial charge >= 0.3 is 0 Å². The molecule has 2 unspecified atom stereocenters. The van der Waals surface area contributed by atoms with Crippen molar-refractivity contribution in [3.63, 3.8) is 0 Å². The Morgan fingerprint density at radius 2 is 2.38 bits per heavy atom. The lowest BCUT2D eigenvalue weighted by Crippen LogP contribution is -2.41. The number of nitrogens with one attached hydrogen (secondary N) is 1. The minimum atomic E-state index is -0.0346. The maximum atomic E-state index is 6.00. The lowest BCUT2D eigenvalue weighted by Gasteiger charge is -2.31. The van der Waals surface area contributed by atoms with Crippen LogP contribution in [0.2, 0.25) is 0 Å². The Bertz CT molecular complexity index is 146. The Labute approximate surface area is 80.8 Å². The van der Waals surface area contributed by atoms with Crippen LogP contribution in [0, 0.1) is 0 Å². The normalized spacial score (nSPS) is 27.5. The zero-order valence-electron chi connectivity index (χ0n) is 8.93. The third-order valence-corrected chi connectivity index (χ3v) is 2.64. The van der Waals surface area contributed by atoms with Gasteiger partial charge in [0.1, 0.15) is 0 Å². The number of rotatable bonds is 5. The molecule has 1 fully saturated rings. The molecule has 13 heavy (non-hydrogen) atoms. The largest absolute Gasteiger partial charge is 0.379 e. The molecule has 0 aromatic carbocycles. The molecule has 0 aliphatic carbocycles. The van der Waals surface area contributed by atoms with Crippen LogP contribution >= 0.6 is 0 Å². The van der Waals surface area contributed by atoms with Gasteiger partial charge in [-0.25, -0.2) is 0 Å². The molecule has 0 aromatic rings. The summed E-state index contributed by atoms with van der Waals surface area (Å²) in [7, 11) is 1.96. The van der Waals surface area contributed by atoms with Gasteiger partial charge in [0.25, 0.3) is 0 Å². The van der Waals surface area contributed by atoms with Gasteiger partial charge in [0.05, 0.1) is 18.3 Å². The number of hydrogen-bond acceptors (Lipinski definition) is 3. The van der Waals surface area contributed by atoms with Crippen LogP contribution in [0.4, 0.5) is 0 Å². The molecule has 1 N–H and O–H groups in total. The molecule has 1 heterocycles. The van der Waals surface area contributed by atoms with Gasteiger partial charge in [-0.3, -0.25) is 0 Å². The molecule has 0 spiro atoms. The molecule has 3 nitrogen and oxygen atoms in total. The van der Waals surface area contributed by atoms with E-state index in [0.29, 0.717) is 6.10 Å². The van der Waals surface area contributed by atoms with Gasteiger partial charge in [-0.15, -0.1) is 0 Å². The Hall–Kier alpha value is -0.120. The highest BCUT2D eigenvalue weighted by molar-refractivity contribution is 4.79. The second-order valence-electron chi connectivity index (χ2n) is 3.94. The number of likely N-dealkylation sites (N-methyl/N-ethyl adjacent to an activating group) is 1. The van der Waals surface area contributed by atoms with Crippen LogP contribution in [0.1, 0.15) is 26.7 Å². The lowest BCUT2D eigenvalue weighted by atomic mass is 10.0. The molecule has 3 heteroatoms. The van der Waals surface area contributed by atoms with Crippen molar-refractivity contribution in [1.29, 1.82) is 0 Å². The predicted molar refractivity (Wildman–Crippen MR) is 52.9 cm³/mol. The maximum absolute atomic E-state index is 6.00. The highest BCUT2D eigenvalue weighted by Gasteiger charge is 2.28. The van der Waals surface area contributed by atoms with E-state index in [0.717, 1.165) is 32.6 Å². The van der Waals surface area contributed by atoms with E-state index >= 15 is 0 Å². The fourth-order valence-electron chi connectivity index (χ4n) is 1.63. The van der Waals surface area contributed by atoms with Crippen molar-refractivity contribution in [2.75, 3.05) is 26.8 Å². The van der Waals surface area contributed by atoms with Crippen LogP contribution in [0.5, 0.6) is 0 Å². The molecule has 1 rings (SSSR count). The van der Waals surface area contributed by atoms with Crippen molar-refractivity contribution in [2.24, 2.45) is 0 Å². The van der Waals surface area contributed by atoms with Crippen LogP contribution in [-0.2, 0) is 9.47 Å². The molecule has 0 amide bonds. The minimum Gasteiger partial charge on any atom is -0.379 e. The van der Waals surface area contributed by atoms with Gasteiger partial charge in [0.2, 0.25) is 0 Å². The molecular weight excluding hydrogens is 166 g/mol. The number of ether oxygens (including phenoxy) is 2. The topological polar surface area (TPSA) is 30.5 Å². The zero-order chi connectivity index (χ0) is 9.73. The fraction of sp³-hybridized carbons (Fsp3) is 1.00. The van der Waals surface area contributed by atoms with Gasteiger partial charge in [0, 0.05) is 13.2 Å². The van der Waals surface area contributed by atoms with Crippen molar-refractivity contribution in [3.05, 3.63) is 0 Å². The van der Waals surface area contributed by atoms with E-state index in [-0.39, 0.29) is 5.60 Å². The molecule has 1 aliphatic rings. The quantitative estimate of drug-likeness (QED) is 0.701. The third-order valence-electron chi connectivity index (χ3n) is 2.64. The first-order valence-electron chi connectivity index (χ1n) is 5.10. The van der Waals surface area contributed by atoms with Crippen LogP contribution < -0.4 is 5.32 Å². The summed E-state index contributed by atoms with van der Waals surface area (Å²) < 4.78 is 11.3. The maximum Gasteiger partial charge on any atom is 0.0838 e. The monoisotopic (exact) mass is 187 g/mol. The van der Waals surface area contributed by atoms with E-state index in [4.69, 9.17) is 9.47 Å². The standard InChI is InChI=1S/C10H21NO2/c1-4-10(2,8-11-3)13-9-5-6-12-7-9/h9,11H,4-8H2,1-3H3. The van der Waals surface area contributed by atoms with Crippen molar-refractivity contribution in [2.45, 2.75) is 38.4 Å². The Morgan fingerprint density at radius 3 is 2.85 bits per heavy atom. The van der Waals surface area contributed by atoms with Gasteiger partial charge in [-0.1, -0.05) is 6.92 Å². The smallest absolute Gasteiger partial charge is 0.0838 e. The summed E-state index contributed by atoms with van der Waals surface area (Å²) in [6.07, 6.45) is 2.38. The second kappa shape index (κ2) is 4.94. The molecule has 0 saturated carbocycles. The predicted octanol–water partition coefficient (Wildman–Crippen LogP) is 1.18. The molecule has 78 valence electrons. The summed E-state index contributed by atoms with van der Waals surface area (Å²) in [6, 6.07) is 0. The lowest BCUT2D eigenvalue weighted by molar-refractivity contribution is -0.0828. The molecule has 1 saturated heterocycles. The molecule has 0 aromatic heterocycles. The molecule has 1 aliphatic heterocycles. The zero-order valence-corrected chi connectivity index (χ0v) is 8.93. The van der Waals surface area contributed by atoms with Gasteiger partial charge in [-0.05, 0) is 26.8 Å². The van der Waals surface area contributed by atoms with Crippen molar-refractivity contribution in [3.8, 4) is 0 Å². The van der Waals surface area contributed by atoms with Crippen molar-refractivity contribution < 1.29 is 9.47 Å². The third kappa shape index (κ3) is 3.25. The molecule has 2 atom stereocenters. The Kier molecular flexibility index (Phi) is 4.16. The fourth-order valence-corrected chi connectivity index (χ4v) is 1.63. The van der Waals surface area contributed by atoms with Crippen LogP contribution in [0.3, 0.4) is 0 Å². The second-order valence-corrected chi connectivity index (χ2v) is 3.94. The van der Waals surface area contributed by atoms with Gasteiger partial charge in [-0.2, -0.15) is 0 Å². The van der Waals surface area contributed by atoms with Crippen molar-refractivity contribution >= 4 is 0 Å². The summed E-state index contributed by atoms with van der Waals surface area (Å²) in [6.45, 7) is 6.83. The Morgan fingerprint density at radius 1 is 1.62 bits per heavy atom. The minimum absolute atomic E-state index is 0.0346. The van der Waals surface area contributed by atoms with Crippen LogP contribution in [0.25, 0.3) is 0 Å². The molecule has 0 bridgehead atoms. The highest BCUT2D eigenvalue weighted by Crippen LogP contribution is 2.20. The first-order valence-corrected chi connectivity index (χ1v) is 5.10. The summed E-state index contributed by atoms with van der Waals surface area (Å²) in [4.78, 5) is 0. The first kappa shape index (κ1) is 11.0. The number of hydrogen-bond donors (Lipinski definition) is 1. The molecular formula is C10H21NO2. The van der Waals surface area contributed by atoms with Crippen molar-refractivity contribution in [1.82, 2.24) is 5.32 Å². The molecule has 0 radical (unpaired) electrons. The SMILES string of the molecule is CCC(C)(CNC)OC1CCOC1. The van der Waals surface area contributed by atoms with E-state index in [1.807, 2.05) is 7.05 Å². The average molecular weight is 187 g/mol. The van der Waals surface area contributed by atoms with Crippen LogP contribution in [-0.4, -0.2) is 38.5 Å². The highest BCUT2D eigenvalue weighted by atomic mass is 16.6. The summed E-state index contributed by atoms with van der Waals surface area (Å²) in [5.41, 5.74) is -0.0346. The van der Waals surface area contributed by atoms with Gasteiger partial charge in [0.15, 0.2) is 0 Å². The summed E-state index contributed by atoms with van der Waals surface area (Å²) in [5, 5.41) is 3.17. The van der Waals surface area contributed by atoms with Gasteiger partial charge < -0.3 is 14.8 Å². The van der Waals surface area contributed by atoms with E-state index in [1.54, 1.807) is 0 Å². The van der Waals surface area contributed by atoms with E-state index in [2.05, 4.69) is 19.2 Å². The van der Waals surface area contributed by atoms with Crippen LogP contribution in [0.15, 0.2) is 0 Å². The first-order chi connectivity index (χ1) is 6.20. The van der Waals surface area contributed by atoms with E-state index in [9.17, 15) is 0 Å². The summed E-state index contributed by atoms with van der Waals surface area (Å²) in [5.74, 6) is 0.